The smallest absolute Gasteiger partial charge is 0.221 e. The highest BCUT2D eigenvalue weighted by Gasteiger charge is 2.08. The van der Waals surface area contributed by atoms with Crippen LogP contribution in [0.1, 0.15) is 6.92 Å². The average Bonchev–Trinajstić information content (AvgIpc) is 2.34. The molecule has 0 aliphatic rings. The summed E-state index contributed by atoms with van der Waals surface area (Å²) < 4.78 is 6.73. The molecule has 19 heavy (non-hydrogen) atoms. The van der Waals surface area contributed by atoms with Gasteiger partial charge in [-0.05, 0) is 52.9 Å². The van der Waals surface area contributed by atoms with Crippen LogP contribution in [0.5, 0.6) is 11.5 Å². The maximum atomic E-state index is 11.1. The quantitative estimate of drug-likeness (QED) is 0.643. The number of rotatable bonds is 3. The van der Waals surface area contributed by atoms with E-state index in [0.29, 0.717) is 22.9 Å². The molecule has 4 nitrogen and oxygen atoms in total. The van der Waals surface area contributed by atoms with Crippen LogP contribution >= 0.6 is 22.6 Å². The minimum absolute atomic E-state index is 0.136. The Bertz CT molecular complexity index is 614. The van der Waals surface area contributed by atoms with Gasteiger partial charge in [-0.25, -0.2) is 0 Å². The molecule has 2 aromatic rings. The minimum Gasteiger partial charge on any atom is -0.454 e. The van der Waals surface area contributed by atoms with E-state index in [4.69, 9.17) is 10.5 Å². The van der Waals surface area contributed by atoms with E-state index in [0.717, 1.165) is 3.57 Å². The van der Waals surface area contributed by atoms with Crippen molar-refractivity contribution in [2.24, 2.45) is 0 Å². The molecule has 0 aliphatic heterocycles. The Morgan fingerprint density at radius 3 is 2.63 bits per heavy atom. The fourth-order valence-electron chi connectivity index (χ4n) is 1.57. The molecule has 0 saturated heterocycles. The van der Waals surface area contributed by atoms with Gasteiger partial charge in [0.2, 0.25) is 5.91 Å². The first-order valence-corrected chi connectivity index (χ1v) is 6.73. The molecule has 2 aromatic carbocycles. The normalized spacial score (nSPS) is 10.0. The second kappa shape index (κ2) is 5.92. The lowest BCUT2D eigenvalue weighted by molar-refractivity contribution is -0.114. The van der Waals surface area contributed by atoms with E-state index in [9.17, 15) is 4.79 Å². The van der Waals surface area contributed by atoms with Crippen molar-refractivity contribution < 1.29 is 9.53 Å². The van der Waals surface area contributed by atoms with Crippen LogP contribution in [0.15, 0.2) is 42.5 Å². The lowest BCUT2D eigenvalue weighted by Gasteiger charge is -2.12. The van der Waals surface area contributed by atoms with E-state index >= 15 is 0 Å². The van der Waals surface area contributed by atoms with Crippen molar-refractivity contribution in [3.05, 3.63) is 46.0 Å². The highest BCUT2D eigenvalue weighted by atomic mass is 127. The number of ether oxygens (including phenoxy) is 1. The summed E-state index contributed by atoms with van der Waals surface area (Å²) in [4.78, 5) is 11.1. The number of hydrogen-bond donors (Lipinski definition) is 2. The molecule has 0 aliphatic carbocycles. The molecule has 3 N–H and O–H groups in total. The third kappa shape index (κ3) is 3.60. The van der Waals surface area contributed by atoms with Crippen molar-refractivity contribution in [2.75, 3.05) is 11.1 Å². The van der Waals surface area contributed by atoms with Gasteiger partial charge in [0, 0.05) is 12.6 Å². The summed E-state index contributed by atoms with van der Waals surface area (Å²) in [6, 6.07) is 12.7. The summed E-state index contributed by atoms with van der Waals surface area (Å²) in [5.74, 6) is 1.16. The fourth-order valence-corrected chi connectivity index (χ4v) is 2.22. The number of benzene rings is 2. The van der Waals surface area contributed by atoms with Crippen molar-refractivity contribution in [1.82, 2.24) is 0 Å². The highest BCUT2D eigenvalue weighted by molar-refractivity contribution is 14.1. The molecule has 0 atom stereocenters. The molecular weight excluding hydrogens is 355 g/mol. The number of nitrogens with two attached hydrogens (primary N) is 1. The first kappa shape index (κ1) is 13.7. The maximum Gasteiger partial charge on any atom is 0.221 e. The predicted molar refractivity (Wildman–Crippen MR) is 84.4 cm³/mol. The number of nitrogens with one attached hydrogen (secondary N) is 1. The Labute approximate surface area is 125 Å². The zero-order chi connectivity index (χ0) is 13.8. The number of nitrogen functional groups attached to an aromatic ring is 1. The Morgan fingerprint density at radius 2 is 1.95 bits per heavy atom. The molecule has 0 radical (unpaired) electrons. The Balaban J connectivity index is 2.30. The molecule has 1 amide bonds. The molecule has 98 valence electrons. The molecular formula is C14H13IN2O2. The van der Waals surface area contributed by atoms with E-state index in [-0.39, 0.29) is 5.91 Å². The van der Waals surface area contributed by atoms with Gasteiger partial charge in [0.25, 0.3) is 0 Å². The minimum atomic E-state index is -0.136. The van der Waals surface area contributed by atoms with Crippen molar-refractivity contribution in [3.8, 4) is 11.5 Å². The van der Waals surface area contributed by atoms with Crippen molar-refractivity contribution in [2.45, 2.75) is 6.92 Å². The van der Waals surface area contributed by atoms with Gasteiger partial charge >= 0.3 is 0 Å². The number of hydrogen-bond acceptors (Lipinski definition) is 3. The van der Waals surface area contributed by atoms with Crippen LogP contribution in [-0.4, -0.2) is 5.91 Å². The molecule has 0 spiro atoms. The summed E-state index contributed by atoms with van der Waals surface area (Å²) in [6.45, 7) is 1.46. The maximum absolute atomic E-state index is 11.1. The zero-order valence-corrected chi connectivity index (χ0v) is 12.5. The van der Waals surface area contributed by atoms with Gasteiger partial charge in [0.15, 0.2) is 5.75 Å². The second-order valence-corrected chi connectivity index (χ2v) is 5.13. The summed E-state index contributed by atoms with van der Waals surface area (Å²) in [6.07, 6.45) is 0. The van der Waals surface area contributed by atoms with E-state index in [1.807, 2.05) is 24.3 Å². The molecule has 0 heterocycles. The second-order valence-electron chi connectivity index (χ2n) is 3.97. The number of amides is 1. The molecule has 0 bridgehead atoms. The Kier molecular flexibility index (Phi) is 4.26. The molecule has 2 rings (SSSR count). The van der Waals surface area contributed by atoms with Crippen LogP contribution in [-0.2, 0) is 4.79 Å². The van der Waals surface area contributed by atoms with E-state index in [2.05, 4.69) is 27.9 Å². The monoisotopic (exact) mass is 368 g/mol. The molecule has 0 saturated carbocycles. The highest BCUT2D eigenvalue weighted by Crippen LogP contribution is 2.32. The topological polar surface area (TPSA) is 64.3 Å². The standard InChI is InChI=1S/C14H13IN2O2/c1-9(18)17-12-4-2-3-5-14(12)19-13-7-6-10(16)8-11(13)15/h2-8H,16H2,1H3,(H,17,18). The average molecular weight is 368 g/mol. The van der Waals surface area contributed by atoms with Crippen LogP contribution in [0.2, 0.25) is 0 Å². The molecule has 0 fully saturated rings. The van der Waals surface area contributed by atoms with E-state index in [1.165, 1.54) is 6.92 Å². The van der Waals surface area contributed by atoms with Gasteiger partial charge in [-0.3, -0.25) is 4.79 Å². The number of anilines is 2. The van der Waals surface area contributed by atoms with Gasteiger partial charge in [0.05, 0.1) is 9.26 Å². The molecule has 5 heteroatoms. The lowest BCUT2D eigenvalue weighted by atomic mass is 10.2. The van der Waals surface area contributed by atoms with Gasteiger partial charge < -0.3 is 15.8 Å². The van der Waals surface area contributed by atoms with Crippen molar-refractivity contribution in [1.29, 1.82) is 0 Å². The van der Waals surface area contributed by atoms with Gasteiger partial charge in [-0.2, -0.15) is 0 Å². The molecule has 0 unspecified atom stereocenters. The molecule has 0 aromatic heterocycles. The first-order chi connectivity index (χ1) is 9.06. The first-order valence-electron chi connectivity index (χ1n) is 5.66. The van der Waals surface area contributed by atoms with Crippen LogP contribution in [0.4, 0.5) is 11.4 Å². The number of halogens is 1. The van der Waals surface area contributed by atoms with E-state index < -0.39 is 0 Å². The zero-order valence-electron chi connectivity index (χ0n) is 10.3. The van der Waals surface area contributed by atoms with Crippen LogP contribution in [0, 0.1) is 3.57 Å². The number of para-hydroxylation sites is 2. The summed E-state index contributed by atoms with van der Waals surface area (Å²) in [5.41, 5.74) is 7.03. The van der Waals surface area contributed by atoms with Crippen LogP contribution in [0.3, 0.4) is 0 Å². The lowest BCUT2D eigenvalue weighted by Crippen LogP contribution is -2.06. The SMILES string of the molecule is CC(=O)Nc1ccccc1Oc1ccc(N)cc1I. The third-order valence-electron chi connectivity index (χ3n) is 2.37. The third-order valence-corrected chi connectivity index (χ3v) is 3.22. The summed E-state index contributed by atoms with van der Waals surface area (Å²) in [7, 11) is 0. The van der Waals surface area contributed by atoms with E-state index in [1.54, 1.807) is 18.2 Å². The fraction of sp³-hybridized carbons (Fsp3) is 0.0714. The Hall–Kier alpha value is -1.76. The van der Waals surface area contributed by atoms with Gasteiger partial charge in [-0.1, -0.05) is 12.1 Å². The number of carbonyl (C=O) groups excluding carboxylic acids is 1. The van der Waals surface area contributed by atoms with Gasteiger partial charge in [-0.15, -0.1) is 0 Å². The van der Waals surface area contributed by atoms with Crippen molar-refractivity contribution in [3.63, 3.8) is 0 Å². The predicted octanol–water partition coefficient (Wildman–Crippen LogP) is 3.62. The number of carbonyl (C=O) groups is 1. The van der Waals surface area contributed by atoms with Crippen LogP contribution in [0.25, 0.3) is 0 Å². The summed E-state index contributed by atoms with van der Waals surface area (Å²) in [5, 5.41) is 2.73. The van der Waals surface area contributed by atoms with Gasteiger partial charge in [0.1, 0.15) is 5.75 Å². The summed E-state index contributed by atoms with van der Waals surface area (Å²) >= 11 is 2.16. The van der Waals surface area contributed by atoms with Crippen LogP contribution < -0.4 is 15.8 Å². The largest absolute Gasteiger partial charge is 0.454 e. The Morgan fingerprint density at radius 1 is 1.21 bits per heavy atom. The van der Waals surface area contributed by atoms with Crippen molar-refractivity contribution >= 4 is 39.9 Å².